The van der Waals surface area contributed by atoms with Crippen LogP contribution in [0.5, 0.6) is 0 Å². The highest BCUT2D eigenvalue weighted by molar-refractivity contribution is 5.55. The van der Waals surface area contributed by atoms with Crippen molar-refractivity contribution < 1.29 is 10.0 Å². The van der Waals surface area contributed by atoms with E-state index in [-0.39, 0.29) is 12.3 Å². The lowest BCUT2D eigenvalue weighted by Crippen LogP contribution is -2.49. The molecule has 0 bridgehead atoms. The third-order valence-electron chi connectivity index (χ3n) is 4.32. The van der Waals surface area contributed by atoms with Gasteiger partial charge in [-0.05, 0) is 25.5 Å². The summed E-state index contributed by atoms with van der Waals surface area (Å²) < 4.78 is 0. The monoisotopic (exact) mass is 293 g/mol. The maximum atomic E-state index is 10.9. The Balaban J connectivity index is 2.08. The van der Waals surface area contributed by atoms with Crippen molar-refractivity contribution in [3.8, 4) is 0 Å². The second-order valence-electron chi connectivity index (χ2n) is 5.51. The second kappa shape index (κ2) is 6.87. The van der Waals surface area contributed by atoms with Crippen LogP contribution >= 0.6 is 0 Å². The Morgan fingerprint density at radius 2 is 2.00 bits per heavy atom. The molecule has 6 heteroatoms. The summed E-state index contributed by atoms with van der Waals surface area (Å²) in [4.78, 5) is 15.1. The number of aliphatic hydroxyl groups excluding tert-OH is 1. The molecule has 1 aromatic rings. The van der Waals surface area contributed by atoms with Crippen molar-refractivity contribution >= 4 is 11.4 Å². The van der Waals surface area contributed by atoms with E-state index < -0.39 is 4.92 Å². The van der Waals surface area contributed by atoms with Crippen LogP contribution in [-0.4, -0.2) is 47.2 Å². The summed E-state index contributed by atoms with van der Waals surface area (Å²) in [6, 6.07) is 5.59. The maximum Gasteiger partial charge on any atom is 0.275 e. The van der Waals surface area contributed by atoms with E-state index in [0.717, 1.165) is 38.3 Å². The van der Waals surface area contributed by atoms with Crippen molar-refractivity contribution in [1.29, 1.82) is 0 Å². The van der Waals surface area contributed by atoms with Crippen molar-refractivity contribution in [3.63, 3.8) is 0 Å². The van der Waals surface area contributed by atoms with E-state index in [1.165, 1.54) is 6.07 Å². The lowest BCUT2D eigenvalue weighted by atomic mass is 10.1. The maximum absolute atomic E-state index is 10.9. The van der Waals surface area contributed by atoms with Crippen LogP contribution in [0.25, 0.3) is 0 Å². The van der Waals surface area contributed by atoms with Gasteiger partial charge in [-0.2, -0.15) is 0 Å². The van der Waals surface area contributed by atoms with Crippen molar-refractivity contribution in [2.75, 3.05) is 31.1 Å². The largest absolute Gasteiger partial charge is 0.391 e. The first kappa shape index (κ1) is 15.7. The molecule has 1 aliphatic heterocycles. The Bertz CT molecular complexity index is 499. The minimum atomic E-state index is -0.448. The van der Waals surface area contributed by atoms with Gasteiger partial charge in [0.25, 0.3) is 5.69 Å². The molecule has 2 rings (SSSR count). The number of aliphatic hydroxyl groups is 1. The Labute approximate surface area is 125 Å². The molecule has 1 aromatic carbocycles. The summed E-state index contributed by atoms with van der Waals surface area (Å²) in [5.74, 6) is 0. The average Bonchev–Trinajstić information content (AvgIpc) is 2.53. The van der Waals surface area contributed by atoms with Gasteiger partial charge in [0.1, 0.15) is 0 Å². The molecule has 1 N–H and O–H groups in total. The molecule has 0 spiro atoms. The van der Waals surface area contributed by atoms with Crippen LogP contribution in [0.15, 0.2) is 18.2 Å². The molecular weight excluding hydrogens is 270 g/mol. The van der Waals surface area contributed by atoms with E-state index in [1.54, 1.807) is 12.1 Å². The molecule has 1 heterocycles. The predicted molar refractivity (Wildman–Crippen MR) is 82.6 cm³/mol. The minimum absolute atomic E-state index is 0.0144. The number of hydrogen-bond acceptors (Lipinski definition) is 5. The van der Waals surface area contributed by atoms with Crippen LogP contribution in [0.2, 0.25) is 0 Å². The quantitative estimate of drug-likeness (QED) is 0.664. The molecule has 1 unspecified atom stereocenters. The fraction of sp³-hybridized carbons (Fsp3) is 0.600. The Morgan fingerprint density at radius 1 is 1.33 bits per heavy atom. The molecule has 0 aromatic heterocycles. The standard InChI is InChI=1S/C15H23N3O3/c1-3-12(2)16-6-8-17(9-7-16)14-4-5-15(18(20)21)13(10-14)11-19/h4-5,10,12,19H,3,6-9,11H2,1-2H3. The Morgan fingerprint density at radius 3 is 2.52 bits per heavy atom. The van der Waals surface area contributed by atoms with E-state index in [4.69, 9.17) is 0 Å². The molecule has 0 aliphatic carbocycles. The van der Waals surface area contributed by atoms with E-state index >= 15 is 0 Å². The van der Waals surface area contributed by atoms with E-state index in [0.29, 0.717) is 11.6 Å². The Kier molecular flexibility index (Phi) is 5.14. The topological polar surface area (TPSA) is 69.9 Å². The summed E-state index contributed by atoms with van der Waals surface area (Å²) in [5, 5.41) is 20.2. The first-order valence-corrected chi connectivity index (χ1v) is 7.44. The van der Waals surface area contributed by atoms with Gasteiger partial charge in [0, 0.05) is 44.0 Å². The van der Waals surface area contributed by atoms with Gasteiger partial charge in [-0.25, -0.2) is 0 Å². The van der Waals surface area contributed by atoms with Crippen LogP contribution in [0, 0.1) is 10.1 Å². The highest BCUT2D eigenvalue weighted by atomic mass is 16.6. The number of nitrogens with zero attached hydrogens (tertiary/aromatic N) is 3. The Hall–Kier alpha value is -1.66. The molecule has 21 heavy (non-hydrogen) atoms. The smallest absolute Gasteiger partial charge is 0.275 e. The van der Waals surface area contributed by atoms with E-state index in [9.17, 15) is 15.2 Å². The molecule has 0 radical (unpaired) electrons. The average molecular weight is 293 g/mol. The SMILES string of the molecule is CCC(C)N1CCN(c2ccc([N+](=O)[O-])c(CO)c2)CC1. The zero-order chi connectivity index (χ0) is 15.4. The van der Waals surface area contributed by atoms with E-state index in [2.05, 4.69) is 23.6 Å². The first-order valence-electron chi connectivity index (χ1n) is 7.44. The normalized spacial score (nSPS) is 17.8. The predicted octanol–water partition coefficient (Wildman–Crippen LogP) is 2.01. The number of nitro benzene ring substituents is 1. The third-order valence-corrected chi connectivity index (χ3v) is 4.32. The molecule has 1 atom stereocenters. The number of benzene rings is 1. The lowest BCUT2D eigenvalue weighted by Gasteiger charge is -2.39. The van der Waals surface area contributed by atoms with Crippen molar-refractivity contribution in [2.45, 2.75) is 32.9 Å². The zero-order valence-corrected chi connectivity index (χ0v) is 12.7. The summed E-state index contributed by atoms with van der Waals surface area (Å²) >= 11 is 0. The number of rotatable bonds is 5. The van der Waals surface area contributed by atoms with Gasteiger partial charge in [0.2, 0.25) is 0 Å². The molecule has 1 saturated heterocycles. The van der Waals surface area contributed by atoms with Gasteiger partial charge in [0.05, 0.1) is 17.1 Å². The number of nitro groups is 1. The summed E-state index contributed by atoms with van der Waals surface area (Å²) in [6.45, 7) is 7.95. The fourth-order valence-corrected chi connectivity index (χ4v) is 2.75. The van der Waals surface area contributed by atoms with Gasteiger partial charge in [-0.1, -0.05) is 6.92 Å². The van der Waals surface area contributed by atoms with Crippen LogP contribution in [-0.2, 0) is 6.61 Å². The first-order chi connectivity index (χ1) is 10.1. The summed E-state index contributed by atoms with van der Waals surface area (Å²) in [5.41, 5.74) is 1.31. The lowest BCUT2D eigenvalue weighted by molar-refractivity contribution is -0.385. The fourth-order valence-electron chi connectivity index (χ4n) is 2.75. The number of hydrogen-bond donors (Lipinski definition) is 1. The minimum Gasteiger partial charge on any atom is -0.391 e. The molecule has 116 valence electrons. The molecule has 6 nitrogen and oxygen atoms in total. The number of anilines is 1. The van der Waals surface area contributed by atoms with Crippen molar-refractivity contribution in [2.24, 2.45) is 0 Å². The van der Waals surface area contributed by atoms with Crippen LogP contribution < -0.4 is 4.90 Å². The van der Waals surface area contributed by atoms with Gasteiger partial charge < -0.3 is 10.0 Å². The van der Waals surface area contributed by atoms with Crippen molar-refractivity contribution in [1.82, 2.24) is 4.90 Å². The van der Waals surface area contributed by atoms with Gasteiger partial charge >= 0.3 is 0 Å². The molecular formula is C15H23N3O3. The molecule has 1 fully saturated rings. The second-order valence-corrected chi connectivity index (χ2v) is 5.51. The van der Waals surface area contributed by atoms with Crippen molar-refractivity contribution in [3.05, 3.63) is 33.9 Å². The van der Waals surface area contributed by atoms with Crippen LogP contribution in [0.3, 0.4) is 0 Å². The molecule has 1 aliphatic rings. The van der Waals surface area contributed by atoms with Gasteiger partial charge in [-0.15, -0.1) is 0 Å². The van der Waals surface area contributed by atoms with Crippen LogP contribution in [0.1, 0.15) is 25.8 Å². The molecule has 0 saturated carbocycles. The van der Waals surface area contributed by atoms with Gasteiger partial charge in [-0.3, -0.25) is 15.0 Å². The van der Waals surface area contributed by atoms with Gasteiger partial charge in [0.15, 0.2) is 0 Å². The summed E-state index contributed by atoms with van der Waals surface area (Å²) in [7, 11) is 0. The third kappa shape index (κ3) is 3.51. The zero-order valence-electron chi connectivity index (χ0n) is 12.7. The van der Waals surface area contributed by atoms with E-state index in [1.807, 2.05) is 0 Å². The highest BCUT2D eigenvalue weighted by Crippen LogP contribution is 2.26. The number of piperazine rings is 1. The molecule has 0 amide bonds. The summed E-state index contributed by atoms with van der Waals surface area (Å²) in [6.07, 6.45) is 1.15. The highest BCUT2D eigenvalue weighted by Gasteiger charge is 2.22. The van der Waals surface area contributed by atoms with Crippen LogP contribution in [0.4, 0.5) is 11.4 Å².